The number of nitrogens with two attached hydrogens (primary N) is 1. The summed E-state index contributed by atoms with van der Waals surface area (Å²) in [5.74, 6) is -0.0366. The van der Waals surface area contributed by atoms with Gasteiger partial charge >= 0.3 is 0 Å². The van der Waals surface area contributed by atoms with Crippen molar-refractivity contribution in [3.05, 3.63) is 35.8 Å². The van der Waals surface area contributed by atoms with E-state index in [1.165, 1.54) is 18.4 Å². The number of carbonyl (C=O) groups excluding carboxylic acids is 3. The number of hydrazine groups is 1. The molecule has 188 valence electrons. The second-order valence-corrected chi connectivity index (χ2v) is 9.36. The summed E-state index contributed by atoms with van der Waals surface area (Å²) in [6, 6.07) is 3.55. The van der Waals surface area contributed by atoms with Crippen LogP contribution in [0.3, 0.4) is 0 Å². The Labute approximate surface area is 206 Å². The molecule has 2 aliphatic rings. The zero-order chi connectivity index (χ0) is 25.6. The Bertz CT molecular complexity index is 1340. The molecule has 0 unspecified atom stereocenters. The molecule has 2 amide bonds. The van der Waals surface area contributed by atoms with Gasteiger partial charge < -0.3 is 15.7 Å². The molecule has 0 aromatic carbocycles. The highest BCUT2D eigenvalue weighted by Gasteiger charge is 2.44. The Kier molecular flexibility index (Phi) is 6.04. The zero-order valence-corrected chi connectivity index (χ0v) is 20.1. The highest BCUT2D eigenvalue weighted by atomic mass is 16.3. The van der Waals surface area contributed by atoms with Gasteiger partial charge in [0.1, 0.15) is 18.2 Å². The number of piperidine rings is 1. The van der Waals surface area contributed by atoms with Crippen LogP contribution < -0.4 is 16.6 Å². The van der Waals surface area contributed by atoms with E-state index < -0.39 is 6.61 Å². The molecule has 0 aliphatic carbocycles. The summed E-state index contributed by atoms with van der Waals surface area (Å²) < 4.78 is 1.47. The molecule has 5 rings (SSSR count). The number of nitrogens with zero attached hydrogens (tertiary/aromatic N) is 5. The molecule has 0 radical (unpaired) electrons. The molecule has 2 fully saturated rings. The number of aromatic nitrogens is 4. The summed E-state index contributed by atoms with van der Waals surface area (Å²) in [4.78, 5) is 47.1. The van der Waals surface area contributed by atoms with Crippen LogP contribution in [-0.2, 0) is 9.59 Å². The summed E-state index contributed by atoms with van der Waals surface area (Å²) in [7, 11) is 0. The van der Waals surface area contributed by atoms with E-state index in [9.17, 15) is 19.5 Å². The third-order valence-corrected chi connectivity index (χ3v) is 7.05. The molecule has 0 saturated carbocycles. The Hall–Kier alpha value is -4.06. The number of fused-ring (bicyclic) bond motifs is 3. The van der Waals surface area contributed by atoms with E-state index in [0.29, 0.717) is 41.1 Å². The van der Waals surface area contributed by atoms with E-state index in [4.69, 9.17) is 10.7 Å². The van der Waals surface area contributed by atoms with Crippen molar-refractivity contribution >= 4 is 34.9 Å². The number of anilines is 2. The largest absolute Gasteiger partial charge is 0.387 e. The van der Waals surface area contributed by atoms with E-state index >= 15 is 0 Å². The topological polar surface area (TPSA) is 168 Å². The molecule has 2 aliphatic heterocycles. The summed E-state index contributed by atoms with van der Waals surface area (Å²) in [6.07, 6.45) is 6.30. The lowest BCUT2D eigenvalue weighted by Crippen LogP contribution is -2.47. The minimum Gasteiger partial charge on any atom is -0.387 e. The van der Waals surface area contributed by atoms with Crippen molar-refractivity contribution in [3.63, 3.8) is 0 Å². The fourth-order valence-electron chi connectivity index (χ4n) is 5.56. The normalized spacial score (nSPS) is 21.0. The van der Waals surface area contributed by atoms with Gasteiger partial charge in [-0.2, -0.15) is 9.61 Å². The number of pyridine rings is 1. The number of nitrogen functional groups attached to an aromatic ring is 1. The quantitative estimate of drug-likeness (QED) is 0.292. The molecular weight excluding hydrogens is 464 g/mol. The summed E-state index contributed by atoms with van der Waals surface area (Å²) in [5.41, 5.74) is 14.6. The molecule has 3 atom stereocenters. The monoisotopic (exact) mass is 492 g/mol. The van der Waals surface area contributed by atoms with Gasteiger partial charge in [0.05, 0.1) is 17.5 Å². The van der Waals surface area contributed by atoms with Crippen molar-refractivity contribution in [2.45, 2.75) is 57.5 Å². The highest BCUT2D eigenvalue weighted by molar-refractivity contribution is 6.00. The number of ketones is 1. The van der Waals surface area contributed by atoms with Crippen molar-refractivity contribution in [2.24, 2.45) is 0 Å². The number of rotatable bonds is 6. The van der Waals surface area contributed by atoms with Gasteiger partial charge in [-0.3, -0.25) is 25.2 Å². The van der Waals surface area contributed by atoms with Gasteiger partial charge in [-0.25, -0.2) is 9.97 Å². The smallest absolute Gasteiger partial charge is 0.248 e. The number of aliphatic hydroxyl groups excluding tert-OH is 1. The van der Waals surface area contributed by atoms with E-state index in [-0.39, 0.29) is 41.4 Å². The van der Waals surface area contributed by atoms with Gasteiger partial charge in [-0.05, 0) is 44.7 Å². The minimum absolute atomic E-state index is 0.00435. The van der Waals surface area contributed by atoms with Crippen molar-refractivity contribution < 1.29 is 19.5 Å². The van der Waals surface area contributed by atoms with Gasteiger partial charge in [-0.1, -0.05) is 0 Å². The molecule has 3 aromatic rings. The molecule has 2 bridgehead atoms. The maximum Gasteiger partial charge on any atom is 0.248 e. The average molecular weight is 493 g/mol. The molecule has 2 saturated heterocycles. The van der Waals surface area contributed by atoms with E-state index in [1.807, 2.05) is 6.07 Å². The Morgan fingerprint density at radius 1 is 1.14 bits per heavy atom. The summed E-state index contributed by atoms with van der Waals surface area (Å²) in [5, 5.41) is 13.8. The Morgan fingerprint density at radius 2 is 1.86 bits per heavy atom. The molecule has 3 aromatic heterocycles. The predicted octanol–water partition coefficient (Wildman–Crippen LogP) is 1.27. The van der Waals surface area contributed by atoms with Crippen molar-refractivity contribution in [1.29, 1.82) is 0 Å². The third-order valence-electron chi connectivity index (χ3n) is 7.05. The number of hydrogen-bond donors (Lipinski definition) is 4. The molecule has 12 heteroatoms. The molecular formula is C24H28N8O4. The Balaban J connectivity index is 1.53. The lowest BCUT2D eigenvalue weighted by molar-refractivity contribution is -0.138. The highest BCUT2D eigenvalue weighted by Crippen LogP contribution is 2.44. The second kappa shape index (κ2) is 9.19. The number of carbonyl (C=O) groups is 3. The molecule has 36 heavy (non-hydrogen) atoms. The second-order valence-electron chi connectivity index (χ2n) is 9.36. The minimum atomic E-state index is -0.500. The fraction of sp³-hybridized carbons (Fsp3) is 0.417. The third kappa shape index (κ3) is 4.02. The van der Waals surface area contributed by atoms with Crippen LogP contribution in [0.25, 0.3) is 16.8 Å². The maximum atomic E-state index is 12.7. The van der Waals surface area contributed by atoms with Crippen molar-refractivity contribution in [1.82, 2.24) is 29.9 Å². The van der Waals surface area contributed by atoms with Crippen LogP contribution in [0.5, 0.6) is 0 Å². The lowest BCUT2D eigenvalue weighted by Gasteiger charge is -2.39. The molecule has 5 heterocycles. The first kappa shape index (κ1) is 23.7. The van der Waals surface area contributed by atoms with E-state index in [0.717, 1.165) is 18.4 Å². The molecule has 0 spiro atoms. The first-order chi connectivity index (χ1) is 17.3. The number of Topliss-reactive ketones (excluding diaryl/α,β-unsaturated/α-hetero) is 1. The van der Waals surface area contributed by atoms with Crippen LogP contribution in [0.4, 0.5) is 11.6 Å². The predicted molar refractivity (Wildman–Crippen MR) is 131 cm³/mol. The summed E-state index contributed by atoms with van der Waals surface area (Å²) in [6.45, 7) is 2.36. The first-order valence-electron chi connectivity index (χ1n) is 11.9. The van der Waals surface area contributed by atoms with Gasteiger partial charge in [0.25, 0.3) is 0 Å². The SMILES string of the molecule is CC(=O)NNc1ccc(-c2cnn3c(N)c(C(C)=O)c([C@@H]4C[C@H]5CC[C@@H](C4)N5C(=O)CO)nc23)cn1. The van der Waals surface area contributed by atoms with Gasteiger partial charge in [0, 0.05) is 42.2 Å². The van der Waals surface area contributed by atoms with Gasteiger partial charge in [0.15, 0.2) is 11.4 Å². The van der Waals surface area contributed by atoms with Gasteiger partial charge in [-0.15, -0.1) is 0 Å². The number of aliphatic hydroxyl groups is 1. The van der Waals surface area contributed by atoms with E-state index in [2.05, 4.69) is 20.9 Å². The fourth-order valence-corrected chi connectivity index (χ4v) is 5.56. The van der Waals surface area contributed by atoms with Crippen molar-refractivity contribution in [2.75, 3.05) is 17.8 Å². The van der Waals surface area contributed by atoms with Gasteiger partial charge in [0.2, 0.25) is 11.8 Å². The van der Waals surface area contributed by atoms with Crippen molar-refractivity contribution in [3.8, 4) is 11.1 Å². The standard InChI is InChI=1S/C24H28N8O4/c1-12(34)21-22(15-7-16-4-5-17(8-15)31(16)20(36)11-33)28-24-18(10-27-32(24)23(21)25)14-3-6-19(26-9-14)30-29-13(2)35/h3,6,9-10,15-17,33H,4-5,7-8,11,25H2,1-2H3,(H,26,30)(H,29,35)/t15-,16-,17+. The van der Waals surface area contributed by atoms with Crippen LogP contribution in [-0.4, -0.2) is 65.9 Å². The number of nitrogens with one attached hydrogen (secondary N) is 2. The summed E-state index contributed by atoms with van der Waals surface area (Å²) >= 11 is 0. The van der Waals surface area contributed by atoms with E-state index in [1.54, 1.807) is 23.4 Å². The lowest BCUT2D eigenvalue weighted by atomic mass is 9.85. The number of amides is 2. The van der Waals surface area contributed by atoms with Crippen LogP contribution in [0.2, 0.25) is 0 Å². The van der Waals surface area contributed by atoms with Crippen LogP contribution in [0.1, 0.15) is 61.5 Å². The van der Waals surface area contributed by atoms with Crippen LogP contribution >= 0.6 is 0 Å². The van der Waals surface area contributed by atoms with Crippen LogP contribution in [0, 0.1) is 0 Å². The zero-order valence-electron chi connectivity index (χ0n) is 20.1. The maximum absolute atomic E-state index is 12.7. The molecule has 5 N–H and O–H groups in total. The average Bonchev–Trinajstić information content (AvgIpc) is 3.40. The first-order valence-corrected chi connectivity index (χ1v) is 11.9. The molecule has 12 nitrogen and oxygen atoms in total. The van der Waals surface area contributed by atoms with Crippen LogP contribution in [0.15, 0.2) is 24.5 Å². The Morgan fingerprint density at radius 3 is 2.44 bits per heavy atom. The number of hydrogen-bond acceptors (Lipinski definition) is 9.